The van der Waals surface area contributed by atoms with E-state index < -0.39 is 34.1 Å². The molecule has 1 saturated heterocycles. The molecule has 1 aliphatic rings. The maximum absolute atomic E-state index is 13.8. The van der Waals surface area contributed by atoms with Crippen LogP contribution in [-0.2, 0) is 21.4 Å². The van der Waals surface area contributed by atoms with Crippen molar-refractivity contribution in [1.29, 1.82) is 0 Å². The fourth-order valence-corrected chi connectivity index (χ4v) is 5.10. The quantitative estimate of drug-likeness (QED) is 0.384. The van der Waals surface area contributed by atoms with Crippen molar-refractivity contribution in [2.75, 3.05) is 39.6 Å². The highest BCUT2D eigenvalue weighted by molar-refractivity contribution is 7.89. The first-order valence-corrected chi connectivity index (χ1v) is 14.8. The lowest BCUT2D eigenvalue weighted by Crippen LogP contribution is -2.47. The number of sulfonamides is 1. The van der Waals surface area contributed by atoms with Gasteiger partial charge >= 0.3 is 6.03 Å². The lowest BCUT2D eigenvalue weighted by atomic mass is 10.0. The predicted molar refractivity (Wildman–Crippen MR) is 149 cm³/mol. The Bertz CT molecular complexity index is 1490. The van der Waals surface area contributed by atoms with Crippen molar-refractivity contribution in [2.24, 2.45) is 5.92 Å². The van der Waals surface area contributed by atoms with Crippen molar-refractivity contribution in [3.8, 4) is 22.6 Å². The molecule has 0 bridgehead atoms. The fraction of sp³-hybridized carbons (Fsp3) is 0.310. The van der Waals surface area contributed by atoms with Gasteiger partial charge in [-0.15, -0.1) is 0 Å². The van der Waals surface area contributed by atoms with E-state index in [1.165, 1.54) is 12.0 Å². The maximum Gasteiger partial charge on any atom is 0.320 e. The molecule has 3 aromatic rings. The predicted octanol–water partition coefficient (Wildman–Crippen LogP) is 4.04. The number of halogens is 2. The van der Waals surface area contributed by atoms with Gasteiger partial charge in [0.15, 0.2) is 11.6 Å². The molecule has 12 heteroatoms. The second-order valence-corrected chi connectivity index (χ2v) is 11.6. The first-order chi connectivity index (χ1) is 19.5. The number of urea groups is 1. The number of methoxy groups -OCH3 is 1. The number of rotatable bonds is 10. The Kier molecular flexibility index (Phi) is 9.43. The number of ether oxygens (including phenoxy) is 2. The Morgan fingerprint density at radius 3 is 2.39 bits per heavy atom. The Balaban J connectivity index is 1.36. The van der Waals surface area contributed by atoms with Gasteiger partial charge in [-0.25, -0.2) is 22.0 Å². The molecular weight excluding hydrogens is 556 g/mol. The van der Waals surface area contributed by atoms with Gasteiger partial charge in [0.2, 0.25) is 10.0 Å². The van der Waals surface area contributed by atoms with Crippen molar-refractivity contribution in [1.82, 2.24) is 14.5 Å². The highest BCUT2D eigenvalue weighted by Crippen LogP contribution is 2.33. The SMILES string of the molecule is COc1cc(F)c(F)cc1-c1ccc(OCC2CCN(C(=O)N(CC(=O)NS(C)(=O)=O)Cc3ccccc3)C2)cc1. The van der Waals surface area contributed by atoms with E-state index in [-0.39, 0.29) is 24.2 Å². The molecule has 0 radical (unpaired) electrons. The van der Waals surface area contributed by atoms with Crippen molar-refractivity contribution in [3.05, 3.63) is 83.9 Å². The number of hydrogen-bond donors (Lipinski definition) is 1. The summed E-state index contributed by atoms with van der Waals surface area (Å²) in [5.41, 5.74) is 1.84. The van der Waals surface area contributed by atoms with Crippen molar-refractivity contribution < 1.29 is 36.3 Å². The van der Waals surface area contributed by atoms with Gasteiger partial charge in [0.1, 0.15) is 18.0 Å². The second kappa shape index (κ2) is 13.0. The molecule has 1 atom stereocenters. The van der Waals surface area contributed by atoms with Crippen LogP contribution in [0.2, 0.25) is 0 Å². The highest BCUT2D eigenvalue weighted by Gasteiger charge is 2.31. The molecule has 1 fully saturated rings. The standard InChI is InChI=1S/C29H31F2N3O6S/c1-39-27-15-26(31)25(30)14-24(27)22-8-10-23(11-9-22)40-19-21-12-13-33(17-21)29(36)34(16-20-6-4-3-5-7-20)18-28(35)32-41(2,37)38/h3-11,14-15,21H,12-13,16-19H2,1-2H3,(H,32,35). The molecule has 0 aromatic heterocycles. The van der Waals surface area contributed by atoms with E-state index in [4.69, 9.17) is 9.47 Å². The summed E-state index contributed by atoms with van der Waals surface area (Å²) in [7, 11) is -2.38. The molecule has 1 heterocycles. The maximum atomic E-state index is 13.8. The van der Waals surface area contributed by atoms with E-state index in [1.807, 2.05) is 35.1 Å². The van der Waals surface area contributed by atoms with Gasteiger partial charge in [-0.1, -0.05) is 42.5 Å². The number of hydrogen-bond acceptors (Lipinski definition) is 6. The van der Waals surface area contributed by atoms with Crippen molar-refractivity contribution >= 4 is 22.0 Å². The van der Waals surface area contributed by atoms with Crippen LogP contribution in [0.15, 0.2) is 66.7 Å². The normalized spacial score (nSPS) is 14.9. The van der Waals surface area contributed by atoms with Crippen LogP contribution < -0.4 is 14.2 Å². The lowest BCUT2D eigenvalue weighted by molar-refractivity contribution is -0.120. The third-order valence-corrected chi connectivity index (χ3v) is 7.17. The number of carbonyl (C=O) groups excluding carboxylic acids is 2. The van der Waals surface area contributed by atoms with Crippen LogP contribution in [0.4, 0.5) is 13.6 Å². The van der Waals surface area contributed by atoms with Gasteiger partial charge in [0, 0.05) is 37.2 Å². The summed E-state index contributed by atoms with van der Waals surface area (Å²) < 4.78 is 63.4. The van der Waals surface area contributed by atoms with E-state index in [1.54, 1.807) is 29.2 Å². The number of amides is 3. The summed E-state index contributed by atoms with van der Waals surface area (Å²) in [5, 5.41) is 0. The van der Waals surface area contributed by atoms with E-state index in [0.717, 1.165) is 24.0 Å². The van der Waals surface area contributed by atoms with Crippen LogP contribution in [0.1, 0.15) is 12.0 Å². The molecule has 41 heavy (non-hydrogen) atoms. The third-order valence-electron chi connectivity index (χ3n) is 6.57. The summed E-state index contributed by atoms with van der Waals surface area (Å²) in [4.78, 5) is 28.6. The van der Waals surface area contributed by atoms with Crippen LogP contribution in [-0.4, -0.2) is 69.8 Å². The zero-order valence-electron chi connectivity index (χ0n) is 22.7. The van der Waals surface area contributed by atoms with Gasteiger partial charge in [-0.3, -0.25) is 9.52 Å². The third kappa shape index (κ3) is 8.16. The van der Waals surface area contributed by atoms with E-state index in [0.29, 0.717) is 43.0 Å². The molecule has 0 aliphatic carbocycles. The zero-order valence-corrected chi connectivity index (χ0v) is 23.5. The average Bonchev–Trinajstić information content (AvgIpc) is 3.41. The van der Waals surface area contributed by atoms with Crippen LogP contribution in [0.25, 0.3) is 11.1 Å². The van der Waals surface area contributed by atoms with E-state index in [2.05, 4.69) is 0 Å². The molecule has 3 aromatic carbocycles. The Labute approximate surface area is 237 Å². The van der Waals surface area contributed by atoms with Gasteiger partial charge in [-0.05, 0) is 35.7 Å². The summed E-state index contributed by atoms with van der Waals surface area (Å²) in [5.74, 6) is -1.94. The summed E-state index contributed by atoms with van der Waals surface area (Å²) >= 11 is 0. The molecule has 3 amide bonds. The minimum Gasteiger partial charge on any atom is -0.496 e. The summed E-state index contributed by atoms with van der Waals surface area (Å²) in [6.45, 7) is 0.935. The van der Waals surface area contributed by atoms with Crippen LogP contribution in [0.3, 0.4) is 0 Å². The smallest absolute Gasteiger partial charge is 0.320 e. The molecule has 0 spiro atoms. The van der Waals surface area contributed by atoms with Gasteiger partial charge < -0.3 is 19.3 Å². The molecule has 4 rings (SSSR count). The van der Waals surface area contributed by atoms with Crippen LogP contribution in [0, 0.1) is 17.6 Å². The van der Waals surface area contributed by atoms with Crippen LogP contribution in [0.5, 0.6) is 11.5 Å². The zero-order chi connectivity index (χ0) is 29.6. The van der Waals surface area contributed by atoms with Crippen molar-refractivity contribution in [2.45, 2.75) is 13.0 Å². The molecule has 0 saturated carbocycles. The monoisotopic (exact) mass is 587 g/mol. The number of carbonyl (C=O) groups is 2. The minimum absolute atomic E-state index is 0.0355. The highest BCUT2D eigenvalue weighted by atomic mass is 32.2. The first kappa shape index (κ1) is 29.8. The summed E-state index contributed by atoms with van der Waals surface area (Å²) in [6.07, 6.45) is 1.57. The van der Waals surface area contributed by atoms with Crippen molar-refractivity contribution in [3.63, 3.8) is 0 Å². The second-order valence-electron chi connectivity index (χ2n) is 9.82. The van der Waals surface area contributed by atoms with E-state index in [9.17, 15) is 26.8 Å². The molecule has 218 valence electrons. The topological polar surface area (TPSA) is 105 Å². The first-order valence-electron chi connectivity index (χ1n) is 12.9. The molecular formula is C29H31F2N3O6S. The number of benzene rings is 3. The largest absolute Gasteiger partial charge is 0.496 e. The minimum atomic E-state index is -3.76. The van der Waals surface area contributed by atoms with Crippen LogP contribution >= 0.6 is 0 Å². The van der Waals surface area contributed by atoms with E-state index >= 15 is 0 Å². The average molecular weight is 588 g/mol. The Morgan fingerprint density at radius 1 is 1.05 bits per heavy atom. The Hall–Kier alpha value is -4.19. The number of nitrogens with zero attached hydrogens (tertiary/aromatic N) is 2. The fourth-order valence-electron chi connectivity index (χ4n) is 4.62. The van der Waals surface area contributed by atoms with Gasteiger partial charge in [0.05, 0.1) is 20.0 Å². The molecule has 9 nitrogen and oxygen atoms in total. The molecule has 1 unspecified atom stereocenters. The van der Waals surface area contributed by atoms with Gasteiger partial charge in [-0.2, -0.15) is 0 Å². The lowest BCUT2D eigenvalue weighted by Gasteiger charge is -2.28. The molecule has 1 N–H and O–H groups in total. The molecule has 1 aliphatic heterocycles. The summed E-state index contributed by atoms with van der Waals surface area (Å²) in [6, 6.07) is 17.7. The Morgan fingerprint density at radius 2 is 1.73 bits per heavy atom. The number of likely N-dealkylation sites (tertiary alicyclic amines) is 1. The number of nitrogens with one attached hydrogen (secondary N) is 1. The van der Waals surface area contributed by atoms with Gasteiger partial charge in [0.25, 0.3) is 5.91 Å².